The van der Waals surface area contributed by atoms with Gasteiger partial charge >= 0.3 is 0 Å². The molecule has 1 aromatic carbocycles. The molecule has 0 radical (unpaired) electrons. The van der Waals surface area contributed by atoms with Crippen molar-refractivity contribution >= 4 is 29.9 Å². The number of ether oxygens (including phenoxy) is 1. The van der Waals surface area contributed by atoms with Crippen molar-refractivity contribution in [2.24, 2.45) is 10.9 Å². The average Bonchev–Trinajstić information content (AvgIpc) is 3.26. The molecule has 0 aliphatic heterocycles. The molecule has 130 valence electrons. The normalized spacial score (nSPS) is 14.9. The second-order valence-electron chi connectivity index (χ2n) is 6.93. The highest BCUT2D eigenvalue weighted by molar-refractivity contribution is 14.0. The summed E-state index contributed by atoms with van der Waals surface area (Å²) in [6, 6.07) is 8.19. The van der Waals surface area contributed by atoms with Gasteiger partial charge < -0.3 is 15.4 Å². The van der Waals surface area contributed by atoms with Gasteiger partial charge in [0.15, 0.2) is 5.96 Å². The molecule has 4 nitrogen and oxygen atoms in total. The zero-order valence-corrected chi connectivity index (χ0v) is 17.0. The summed E-state index contributed by atoms with van der Waals surface area (Å²) in [5.41, 5.74) is 1.12. The van der Waals surface area contributed by atoms with Crippen LogP contribution >= 0.6 is 24.0 Å². The van der Waals surface area contributed by atoms with Crippen LogP contribution < -0.4 is 15.4 Å². The van der Waals surface area contributed by atoms with Crippen LogP contribution in [0.4, 0.5) is 0 Å². The summed E-state index contributed by atoms with van der Waals surface area (Å²) in [4.78, 5) is 4.69. The molecule has 0 atom stereocenters. The van der Waals surface area contributed by atoms with E-state index in [9.17, 15) is 0 Å². The average molecular weight is 431 g/mol. The highest BCUT2D eigenvalue weighted by atomic mass is 127. The van der Waals surface area contributed by atoms with Crippen LogP contribution in [0.15, 0.2) is 29.3 Å². The van der Waals surface area contributed by atoms with Crippen molar-refractivity contribution < 1.29 is 4.74 Å². The van der Waals surface area contributed by atoms with E-state index in [0.717, 1.165) is 36.3 Å². The highest BCUT2D eigenvalue weighted by Crippen LogP contribution is 2.30. The van der Waals surface area contributed by atoms with Crippen molar-refractivity contribution in [1.29, 1.82) is 0 Å². The van der Waals surface area contributed by atoms with E-state index in [-0.39, 0.29) is 29.5 Å². The Bertz CT molecular complexity index is 507. The highest BCUT2D eigenvalue weighted by Gasteiger charge is 2.22. The fourth-order valence-corrected chi connectivity index (χ4v) is 2.09. The van der Waals surface area contributed by atoms with Crippen molar-refractivity contribution in [3.8, 4) is 5.75 Å². The minimum Gasteiger partial charge on any atom is -0.493 e. The molecular formula is C18H30IN3O. The fourth-order valence-electron chi connectivity index (χ4n) is 2.09. The summed E-state index contributed by atoms with van der Waals surface area (Å²) in [6.07, 6.45) is 2.61. The molecule has 2 N–H and O–H groups in total. The minimum absolute atomic E-state index is 0. The van der Waals surface area contributed by atoms with E-state index in [4.69, 9.17) is 4.74 Å². The van der Waals surface area contributed by atoms with Gasteiger partial charge in [0, 0.05) is 17.6 Å². The van der Waals surface area contributed by atoms with Crippen molar-refractivity contribution in [2.45, 2.75) is 52.6 Å². The van der Waals surface area contributed by atoms with Gasteiger partial charge in [-0.25, -0.2) is 4.99 Å². The molecule has 0 unspecified atom stereocenters. The van der Waals surface area contributed by atoms with Crippen LogP contribution in [0.25, 0.3) is 0 Å². The molecule has 0 spiro atoms. The molecule has 1 aliphatic rings. The van der Waals surface area contributed by atoms with Crippen LogP contribution in [0.1, 0.15) is 46.1 Å². The number of nitrogens with zero attached hydrogens (tertiary/aromatic N) is 1. The van der Waals surface area contributed by atoms with E-state index in [1.807, 2.05) is 18.2 Å². The molecule has 0 aromatic heterocycles. The predicted molar refractivity (Wildman–Crippen MR) is 108 cm³/mol. The molecule has 0 amide bonds. The van der Waals surface area contributed by atoms with Crippen molar-refractivity contribution in [3.05, 3.63) is 29.8 Å². The van der Waals surface area contributed by atoms with Gasteiger partial charge in [-0.1, -0.05) is 18.2 Å². The zero-order chi connectivity index (χ0) is 16.0. The molecule has 1 fully saturated rings. The smallest absolute Gasteiger partial charge is 0.191 e. The quantitative estimate of drug-likeness (QED) is 0.408. The molecule has 1 aliphatic carbocycles. The number of halogens is 1. The SMILES string of the molecule is CCNC(=NCc1ccccc1OCC1CC1)NC(C)(C)C.I. The molecule has 0 bridgehead atoms. The largest absolute Gasteiger partial charge is 0.493 e. The molecule has 2 rings (SSSR count). The van der Waals surface area contributed by atoms with Gasteiger partial charge in [-0.15, -0.1) is 24.0 Å². The monoisotopic (exact) mass is 431 g/mol. The Labute approximate surface area is 157 Å². The maximum absolute atomic E-state index is 5.94. The number of guanidine groups is 1. The number of aliphatic imine (C=N–C) groups is 1. The summed E-state index contributed by atoms with van der Waals surface area (Å²) < 4.78 is 5.94. The lowest BCUT2D eigenvalue weighted by atomic mass is 10.1. The van der Waals surface area contributed by atoms with Gasteiger partial charge in [-0.2, -0.15) is 0 Å². The first-order chi connectivity index (χ1) is 10.5. The maximum atomic E-state index is 5.94. The van der Waals surface area contributed by atoms with Gasteiger partial charge in [0.1, 0.15) is 5.75 Å². The summed E-state index contributed by atoms with van der Waals surface area (Å²) in [7, 11) is 0. The van der Waals surface area contributed by atoms with Crippen molar-refractivity contribution in [2.75, 3.05) is 13.2 Å². The van der Waals surface area contributed by atoms with Crippen molar-refractivity contribution in [3.63, 3.8) is 0 Å². The van der Waals surface area contributed by atoms with E-state index < -0.39 is 0 Å². The predicted octanol–water partition coefficient (Wildman–Crippen LogP) is 3.95. The molecule has 23 heavy (non-hydrogen) atoms. The number of benzene rings is 1. The van der Waals surface area contributed by atoms with Crippen LogP contribution in [-0.2, 0) is 6.54 Å². The lowest BCUT2D eigenvalue weighted by molar-refractivity contribution is 0.297. The summed E-state index contributed by atoms with van der Waals surface area (Å²) >= 11 is 0. The van der Waals surface area contributed by atoms with Crippen molar-refractivity contribution in [1.82, 2.24) is 10.6 Å². The topological polar surface area (TPSA) is 45.7 Å². The first-order valence-corrected chi connectivity index (χ1v) is 8.25. The van der Waals surface area contributed by atoms with Crippen LogP contribution in [0.5, 0.6) is 5.75 Å². The summed E-state index contributed by atoms with van der Waals surface area (Å²) in [6.45, 7) is 10.8. The number of rotatable bonds is 6. The molecule has 1 aromatic rings. The standard InChI is InChI=1S/C18H29N3O.HI/c1-5-19-17(21-18(2,3)4)20-12-15-8-6-7-9-16(15)22-13-14-10-11-14;/h6-9,14H,5,10-13H2,1-4H3,(H2,19,20,21);1H. The van der Waals surface area contributed by atoms with Gasteiger partial charge in [0.25, 0.3) is 0 Å². The lowest BCUT2D eigenvalue weighted by Gasteiger charge is -2.23. The maximum Gasteiger partial charge on any atom is 0.191 e. The minimum atomic E-state index is -0.0109. The molecule has 1 saturated carbocycles. The van der Waals surface area contributed by atoms with E-state index in [1.54, 1.807) is 0 Å². The Morgan fingerprint density at radius 3 is 2.57 bits per heavy atom. The number of hydrogen-bond donors (Lipinski definition) is 2. The Morgan fingerprint density at radius 2 is 1.96 bits per heavy atom. The van der Waals surface area contributed by atoms with Crippen LogP contribution in [0.2, 0.25) is 0 Å². The number of nitrogens with one attached hydrogen (secondary N) is 2. The van der Waals surface area contributed by atoms with E-state index in [2.05, 4.69) is 49.4 Å². The summed E-state index contributed by atoms with van der Waals surface area (Å²) in [5.74, 6) is 2.56. The van der Waals surface area contributed by atoms with Gasteiger partial charge in [0.05, 0.1) is 13.2 Å². The Morgan fingerprint density at radius 1 is 1.26 bits per heavy atom. The lowest BCUT2D eigenvalue weighted by Crippen LogP contribution is -2.47. The second-order valence-corrected chi connectivity index (χ2v) is 6.93. The third kappa shape index (κ3) is 7.90. The fraction of sp³-hybridized carbons (Fsp3) is 0.611. The van der Waals surface area contributed by atoms with Gasteiger partial charge in [0.2, 0.25) is 0 Å². The molecule has 0 saturated heterocycles. The Hall–Kier alpha value is -0.980. The number of hydrogen-bond acceptors (Lipinski definition) is 2. The van der Waals surface area contributed by atoms with Gasteiger partial charge in [-0.05, 0) is 52.5 Å². The van der Waals surface area contributed by atoms with E-state index >= 15 is 0 Å². The van der Waals surface area contributed by atoms with Crippen LogP contribution in [-0.4, -0.2) is 24.7 Å². The van der Waals surface area contributed by atoms with E-state index in [1.165, 1.54) is 12.8 Å². The van der Waals surface area contributed by atoms with Crippen LogP contribution in [0, 0.1) is 5.92 Å². The third-order valence-corrected chi connectivity index (χ3v) is 3.39. The molecule has 5 heteroatoms. The Balaban J connectivity index is 0.00000264. The Kier molecular flexibility index (Phi) is 8.16. The first-order valence-electron chi connectivity index (χ1n) is 8.25. The third-order valence-electron chi connectivity index (χ3n) is 3.39. The van der Waals surface area contributed by atoms with E-state index in [0.29, 0.717) is 6.54 Å². The summed E-state index contributed by atoms with van der Waals surface area (Å²) in [5, 5.41) is 6.69. The number of para-hydroxylation sites is 1. The van der Waals surface area contributed by atoms with Crippen LogP contribution in [0.3, 0.4) is 0 Å². The molecule has 0 heterocycles. The van der Waals surface area contributed by atoms with Gasteiger partial charge in [-0.3, -0.25) is 0 Å². The second kappa shape index (κ2) is 9.35. The molecular weight excluding hydrogens is 401 g/mol. The zero-order valence-electron chi connectivity index (χ0n) is 14.7. The first kappa shape index (κ1) is 20.1.